The van der Waals surface area contributed by atoms with Crippen LogP contribution in [0, 0.1) is 24.0 Å². The summed E-state index contributed by atoms with van der Waals surface area (Å²) in [5, 5.41) is 10.1. The van der Waals surface area contributed by atoms with E-state index in [1.54, 1.807) is 4.90 Å². The molecule has 1 aromatic rings. The average Bonchev–Trinajstić information content (AvgIpc) is 2.78. The van der Waals surface area contributed by atoms with Crippen molar-refractivity contribution in [1.82, 2.24) is 4.90 Å². The minimum absolute atomic E-state index is 0.0544. The van der Waals surface area contributed by atoms with E-state index in [1.807, 2.05) is 0 Å². The minimum atomic E-state index is -3.12. The van der Waals surface area contributed by atoms with E-state index < -0.39 is 33.1 Å². The third-order valence-corrected chi connectivity index (χ3v) is 5.51. The SMILES string of the molecule is C#CCN(CC(O)c1c(F)cccc1F)C1CCS(=O)(=O)C1. The van der Waals surface area contributed by atoms with Crippen LogP contribution in [0.15, 0.2) is 18.2 Å². The Morgan fingerprint density at radius 3 is 2.55 bits per heavy atom. The molecule has 2 atom stereocenters. The summed E-state index contributed by atoms with van der Waals surface area (Å²) in [6.45, 7) is -0.0183. The summed E-state index contributed by atoms with van der Waals surface area (Å²) in [6.07, 6.45) is 4.25. The molecule has 0 radical (unpaired) electrons. The van der Waals surface area contributed by atoms with Crippen molar-refractivity contribution in [2.24, 2.45) is 0 Å². The molecule has 0 aliphatic carbocycles. The van der Waals surface area contributed by atoms with Crippen LogP contribution in [0.3, 0.4) is 0 Å². The molecule has 1 fully saturated rings. The average molecular weight is 329 g/mol. The second-order valence-electron chi connectivity index (χ2n) is 5.34. The first-order valence-corrected chi connectivity index (χ1v) is 8.66. The molecule has 2 rings (SSSR count). The molecule has 0 amide bonds. The maximum atomic E-state index is 13.7. The van der Waals surface area contributed by atoms with Crippen molar-refractivity contribution in [2.45, 2.75) is 18.6 Å². The highest BCUT2D eigenvalue weighted by Crippen LogP contribution is 2.24. The number of halogens is 2. The number of benzene rings is 1. The zero-order chi connectivity index (χ0) is 16.3. The summed E-state index contributed by atoms with van der Waals surface area (Å²) in [7, 11) is -3.12. The molecule has 22 heavy (non-hydrogen) atoms. The smallest absolute Gasteiger partial charge is 0.151 e. The van der Waals surface area contributed by atoms with Crippen LogP contribution >= 0.6 is 0 Å². The lowest BCUT2D eigenvalue weighted by Gasteiger charge is -2.28. The lowest BCUT2D eigenvalue weighted by Crippen LogP contribution is -2.39. The first kappa shape index (κ1) is 16.9. The molecule has 1 heterocycles. The predicted molar refractivity (Wildman–Crippen MR) is 78.8 cm³/mol. The molecular formula is C15H17F2NO3S. The maximum absolute atomic E-state index is 13.7. The van der Waals surface area contributed by atoms with E-state index in [4.69, 9.17) is 6.42 Å². The molecule has 7 heteroatoms. The number of aliphatic hydroxyl groups is 1. The van der Waals surface area contributed by atoms with Crippen molar-refractivity contribution in [3.8, 4) is 12.3 Å². The van der Waals surface area contributed by atoms with Crippen LogP contribution in [0.5, 0.6) is 0 Å². The predicted octanol–water partition coefficient (Wildman–Crippen LogP) is 1.12. The number of aliphatic hydroxyl groups excluding tert-OH is 1. The highest BCUT2D eigenvalue weighted by molar-refractivity contribution is 7.91. The fourth-order valence-corrected chi connectivity index (χ4v) is 4.43. The summed E-state index contributed by atoms with van der Waals surface area (Å²) in [5.41, 5.74) is -0.426. The second-order valence-corrected chi connectivity index (χ2v) is 7.57. The first-order valence-electron chi connectivity index (χ1n) is 6.84. The fraction of sp³-hybridized carbons (Fsp3) is 0.467. The molecule has 4 nitrogen and oxygen atoms in total. The Kier molecular flexibility index (Phi) is 5.16. The van der Waals surface area contributed by atoms with E-state index in [0.717, 1.165) is 12.1 Å². The number of hydrogen-bond acceptors (Lipinski definition) is 4. The summed E-state index contributed by atoms with van der Waals surface area (Å²) in [6, 6.07) is 3.00. The molecule has 1 saturated heterocycles. The van der Waals surface area contributed by atoms with E-state index in [-0.39, 0.29) is 30.6 Å². The fourth-order valence-electron chi connectivity index (χ4n) is 2.67. The van der Waals surface area contributed by atoms with Crippen molar-refractivity contribution in [3.63, 3.8) is 0 Å². The Morgan fingerprint density at radius 1 is 1.41 bits per heavy atom. The van der Waals surface area contributed by atoms with Crippen molar-refractivity contribution in [2.75, 3.05) is 24.6 Å². The topological polar surface area (TPSA) is 57.6 Å². The summed E-state index contributed by atoms with van der Waals surface area (Å²) >= 11 is 0. The van der Waals surface area contributed by atoms with Crippen molar-refractivity contribution >= 4 is 9.84 Å². The zero-order valence-electron chi connectivity index (χ0n) is 11.9. The van der Waals surface area contributed by atoms with Crippen LogP contribution in [-0.2, 0) is 9.84 Å². The molecule has 120 valence electrons. The zero-order valence-corrected chi connectivity index (χ0v) is 12.7. The molecule has 0 bridgehead atoms. The van der Waals surface area contributed by atoms with Gasteiger partial charge in [0.1, 0.15) is 11.6 Å². The minimum Gasteiger partial charge on any atom is -0.387 e. The molecule has 1 aliphatic rings. The van der Waals surface area contributed by atoms with Crippen molar-refractivity contribution in [3.05, 3.63) is 35.4 Å². The third-order valence-electron chi connectivity index (χ3n) is 3.76. The number of terminal acetylenes is 1. The van der Waals surface area contributed by atoms with Crippen LogP contribution in [0.25, 0.3) is 0 Å². The monoisotopic (exact) mass is 329 g/mol. The molecule has 1 aromatic carbocycles. The Labute approximate surface area is 128 Å². The Balaban J connectivity index is 2.16. The van der Waals surface area contributed by atoms with Gasteiger partial charge in [-0.2, -0.15) is 0 Å². The van der Waals surface area contributed by atoms with Gasteiger partial charge in [-0.15, -0.1) is 6.42 Å². The van der Waals surface area contributed by atoms with Crippen LogP contribution < -0.4 is 0 Å². The van der Waals surface area contributed by atoms with Crippen LogP contribution in [0.4, 0.5) is 8.78 Å². The Morgan fingerprint density at radius 2 is 2.05 bits per heavy atom. The van der Waals surface area contributed by atoms with Crippen LogP contribution in [0.2, 0.25) is 0 Å². The van der Waals surface area contributed by atoms with Gasteiger partial charge in [-0.1, -0.05) is 12.0 Å². The molecule has 0 saturated carbocycles. The lowest BCUT2D eigenvalue weighted by atomic mass is 10.1. The van der Waals surface area contributed by atoms with Gasteiger partial charge in [-0.25, -0.2) is 17.2 Å². The van der Waals surface area contributed by atoms with Gasteiger partial charge in [-0.3, -0.25) is 4.90 Å². The Bertz CT molecular complexity index is 664. The largest absolute Gasteiger partial charge is 0.387 e. The first-order chi connectivity index (χ1) is 10.3. The van der Waals surface area contributed by atoms with Gasteiger partial charge in [0.15, 0.2) is 9.84 Å². The standard InChI is InChI=1S/C15H17F2NO3S/c1-2-7-18(11-6-8-22(20,21)10-11)9-14(19)15-12(16)4-3-5-13(15)17/h1,3-5,11,14,19H,6-10H2. The number of hydrogen-bond donors (Lipinski definition) is 1. The van der Waals surface area contributed by atoms with E-state index >= 15 is 0 Å². The number of nitrogens with zero attached hydrogens (tertiary/aromatic N) is 1. The van der Waals surface area contributed by atoms with Gasteiger partial charge < -0.3 is 5.11 Å². The number of rotatable bonds is 5. The van der Waals surface area contributed by atoms with Gasteiger partial charge in [0.25, 0.3) is 0 Å². The molecule has 0 spiro atoms. The maximum Gasteiger partial charge on any atom is 0.151 e. The van der Waals surface area contributed by atoms with Gasteiger partial charge in [-0.05, 0) is 18.6 Å². The van der Waals surface area contributed by atoms with E-state index in [0.29, 0.717) is 6.42 Å². The van der Waals surface area contributed by atoms with Crippen LogP contribution in [-0.4, -0.2) is 49.1 Å². The summed E-state index contributed by atoms with van der Waals surface area (Å²) < 4.78 is 50.5. The van der Waals surface area contributed by atoms with E-state index in [2.05, 4.69) is 5.92 Å². The molecule has 0 aromatic heterocycles. The molecule has 1 aliphatic heterocycles. The normalized spacial score (nSPS) is 21.7. The molecule has 2 unspecified atom stereocenters. The van der Waals surface area contributed by atoms with E-state index in [9.17, 15) is 22.3 Å². The summed E-state index contributed by atoms with van der Waals surface area (Å²) in [4.78, 5) is 1.58. The highest BCUT2D eigenvalue weighted by atomic mass is 32.2. The van der Waals surface area contributed by atoms with Gasteiger partial charge in [0.2, 0.25) is 0 Å². The molecule has 1 N–H and O–H groups in total. The van der Waals surface area contributed by atoms with Gasteiger partial charge in [0, 0.05) is 12.6 Å². The summed E-state index contributed by atoms with van der Waals surface area (Å²) in [5.74, 6) is 0.713. The van der Waals surface area contributed by atoms with E-state index in [1.165, 1.54) is 6.07 Å². The molecular weight excluding hydrogens is 312 g/mol. The van der Waals surface area contributed by atoms with Crippen LogP contribution in [0.1, 0.15) is 18.1 Å². The Hall–Kier alpha value is -1.49. The van der Waals surface area contributed by atoms with Gasteiger partial charge in [0.05, 0.1) is 29.7 Å². The highest BCUT2D eigenvalue weighted by Gasteiger charge is 2.33. The lowest BCUT2D eigenvalue weighted by molar-refractivity contribution is 0.0961. The third kappa shape index (κ3) is 3.83. The van der Waals surface area contributed by atoms with Gasteiger partial charge >= 0.3 is 0 Å². The number of sulfone groups is 1. The van der Waals surface area contributed by atoms with Crippen molar-refractivity contribution in [1.29, 1.82) is 0 Å². The van der Waals surface area contributed by atoms with Crippen molar-refractivity contribution < 1.29 is 22.3 Å². The second kappa shape index (κ2) is 6.73. The quantitative estimate of drug-likeness (QED) is 0.823.